The van der Waals surface area contributed by atoms with E-state index in [0.717, 1.165) is 12.8 Å². The maximum atomic E-state index is 12.2. The summed E-state index contributed by atoms with van der Waals surface area (Å²) in [7, 11) is 0. The number of ether oxygens (including phenoxy) is 3. The van der Waals surface area contributed by atoms with E-state index in [-0.39, 0.29) is 37.6 Å². The molecule has 0 spiro atoms. The van der Waals surface area contributed by atoms with Gasteiger partial charge in [0.05, 0.1) is 30.9 Å². The Morgan fingerprint density at radius 3 is 1.40 bits per heavy atom. The van der Waals surface area contributed by atoms with E-state index in [2.05, 4.69) is 6.92 Å². The monoisotopic (exact) mass is 494 g/mol. The number of hydrogen-bond acceptors (Lipinski definition) is 7. The third-order valence-corrected chi connectivity index (χ3v) is 5.79. The minimum absolute atomic E-state index is 0.132. The van der Waals surface area contributed by atoms with Crippen LogP contribution in [0.3, 0.4) is 0 Å². The molecule has 0 aromatic heterocycles. The number of carbonyl (C=O) groups excluding carboxylic acids is 2. The Kier molecular flexibility index (Phi) is 18.7. The summed E-state index contributed by atoms with van der Waals surface area (Å²) in [6.45, 7) is 1.91. The maximum absolute atomic E-state index is 12.2. The van der Waals surface area contributed by atoms with Crippen LogP contribution in [0.5, 0.6) is 5.75 Å². The Morgan fingerprint density at radius 2 is 1.00 bits per heavy atom. The lowest BCUT2D eigenvalue weighted by Gasteiger charge is -2.11. The highest BCUT2D eigenvalue weighted by molar-refractivity contribution is 5.96. The quantitative estimate of drug-likeness (QED) is 0.154. The molecule has 1 aromatic carbocycles. The van der Waals surface area contributed by atoms with Gasteiger partial charge in [-0.05, 0) is 24.6 Å². The molecule has 0 aliphatic carbocycles. The van der Waals surface area contributed by atoms with Crippen LogP contribution in [0.2, 0.25) is 0 Å². The molecule has 1 aromatic rings. The van der Waals surface area contributed by atoms with Crippen molar-refractivity contribution in [1.29, 1.82) is 0 Å². The van der Waals surface area contributed by atoms with E-state index in [4.69, 9.17) is 24.4 Å². The molecule has 0 radical (unpaired) electrons. The second-order valence-corrected chi connectivity index (χ2v) is 8.91. The van der Waals surface area contributed by atoms with Gasteiger partial charge in [-0.1, -0.05) is 90.4 Å². The van der Waals surface area contributed by atoms with Crippen molar-refractivity contribution in [2.45, 2.75) is 96.8 Å². The summed E-state index contributed by atoms with van der Waals surface area (Å²) in [5, 5.41) is 17.7. The Balaban J connectivity index is 2.28. The first-order chi connectivity index (χ1) is 17.1. The Hall–Kier alpha value is -2.12. The summed E-state index contributed by atoms with van der Waals surface area (Å²) in [4.78, 5) is 24.4. The van der Waals surface area contributed by atoms with Crippen LogP contribution in [0.1, 0.15) is 118 Å². The van der Waals surface area contributed by atoms with E-state index in [1.165, 1.54) is 95.2 Å². The zero-order valence-electron chi connectivity index (χ0n) is 21.6. The van der Waals surface area contributed by atoms with Crippen molar-refractivity contribution in [2.75, 3.05) is 33.0 Å². The molecule has 0 unspecified atom stereocenters. The number of esters is 2. The molecule has 0 aliphatic rings. The van der Waals surface area contributed by atoms with Crippen LogP contribution in [0.15, 0.2) is 18.2 Å². The summed E-state index contributed by atoms with van der Waals surface area (Å²) in [5.41, 5.74) is 0.292. The molecule has 0 bridgehead atoms. The van der Waals surface area contributed by atoms with Crippen molar-refractivity contribution >= 4 is 11.9 Å². The van der Waals surface area contributed by atoms with Crippen molar-refractivity contribution in [3.63, 3.8) is 0 Å². The average Bonchev–Trinajstić information content (AvgIpc) is 2.87. The summed E-state index contributed by atoms with van der Waals surface area (Å²) in [5.74, 6) is -0.927. The molecule has 200 valence electrons. The zero-order valence-corrected chi connectivity index (χ0v) is 21.6. The maximum Gasteiger partial charge on any atom is 0.338 e. The van der Waals surface area contributed by atoms with Crippen LogP contribution in [0, 0.1) is 0 Å². The van der Waals surface area contributed by atoms with E-state index >= 15 is 0 Å². The fraction of sp³-hybridized carbons (Fsp3) is 0.714. The van der Waals surface area contributed by atoms with Crippen LogP contribution < -0.4 is 4.74 Å². The highest BCUT2D eigenvalue weighted by atomic mass is 16.5. The fourth-order valence-electron chi connectivity index (χ4n) is 3.85. The van der Waals surface area contributed by atoms with E-state index < -0.39 is 11.9 Å². The molecule has 0 heterocycles. The van der Waals surface area contributed by atoms with Crippen LogP contribution in [-0.4, -0.2) is 55.2 Å². The molecule has 7 nitrogen and oxygen atoms in total. The minimum Gasteiger partial charge on any atom is -0.494 e. The zero-order chi connectivity index (χ0) is 25.6. The summed E-state index contributed by atoms with van der Waals surface area (Å²) in [6.07, 6.45) is 17.9. The number of unbranched alkanes of at least 4 members (excludes halogenated alkanes) is 13. The van der Waals surface area contributed by atoms with Crippen molar-refractivity contribution in [3.8, 4) is 5.75 Å². The third kappa shape index (κ3) is 15.5. The second-order valence-electron chi connectivity index (χ2n) is 8.91. The predicted molar refractivity (Wildman–Crippen MR) is 137 cm³/mol. The Morgan fingerprint density at radius 1 is 0.600 bits per heavy atom. The molecule has 1 rings (SSSR count). The molecule has 2 N–H and O–H groups in total. The number of carbonyl (C=O) groups is 2. The standard InChI is InChI=1S/C28H46O7/c1-2-3-4-5-6-7-8-9-10-11-12-13-14-15-18-33-26-22-24(27(31)34-19-16-29)21-25(23-26)28(32)35-20-17-30/h21-23,29-30H,2-20H2,1H3. The van der Waals surface area contributed by atoms with Crippen LogP contribution in [-0.2, 0) is 9.47 Å². The van der Waals surface area contributed by atoms with E-state index in [1.54, 1.807) is 0 Å². The van der Waals surface area contributed by atoms with Crippen LogP contribution in [0.4, 0.5) is 0 Å². The molecule has 35 heavy (non-hydrogen) atoms. The molecular weight excluding hydrogens is 448 g/mol. The number of aliphatic hydroxyl groups is 2. The van der Waals surface area contributed by atoms with Crippen LogP contribution in [0.25, 0.3) is 0 Å². The van der Waals surface area contributed by atoms with Gasteiger partial charge in [0.25, 0.3) is 0 Å². The van der Waals surface area contributed by atoms with Gasteiger partial charge in [-0.25, -0.2) is 9.59 Å². The normalized spacial score (nSPS) is 10.8. The first kappa shape index (κ1) is 30.9. The van der Waals surface area contributed by atoms with Gasteiger partial charge in [0.2, 0.25) is 0 Å². The van der Waals surface area contributed by atoms with Gasteiger partial charge in [0.1, 0.15) is 19.0 Å². The van der Waals surface area contributed by atoms with E-state index in [9.17, 15) is 9.59 Å². The third-order valence-electron chi connectivity index (χ3n) is 5.79. The molecule has 0 atom stereocenters. The van der Waals surface area contributed by atoms with Gasteiger partial charge < -0.3 is 24.4 Å². The van der Waals surface area contributed by atoms with Crippen LogP contribution >= 0.6 is 0 Å². The molecule has 0 fully saturated rings. The number of rotatable bonds is 22. The second kappa shape index (κ2) is 21.2. The SMILES string of the molecule is CCCCCCCCCCCCCCCCOc1cc(C(=O)OCCO)cc(C(=O)OCCO)c1. The predicted octanol–water partition coefficient (Wildman–Crippen LogP) is 5.84. The van der Waals surface area contributed by atoms with Crippen molar-refractivity contribution in [2.24, 2.45) is 0 Å². The lowest BCUT2D eigenvalue weighted by atomic mass is 10.0. The number of aliphatic hydroxyl groups excluding tert-OH is 2. The highest BCUT2D eigenvalue weighted by Crippen LogP contribution is 2.20. The summed E-state index contributed by atoms with van der Waals surface area (Å²) >= 11 is 0. The molecule has 0 aliphatic heterocycles. The Bertz CT molecular complexity index is 652. The summed E-state index contributed by atoms with van der Waals surface area (Å²) in [6, 6.07) is 4.40. The lowest BCUT2D eigenvalue weighted by Crippen LogP contribution is -2.13. The smallest absolute Gasteiger partial charge is 0.338 e. The molecule has 0 saturated carbocycles. The molecular formula is C28H46O7. The average molecular weight is 495 g/mol. The minimum atomic E-state index is -0.655. The first-order valence-electron chi connectivity index (χ1n) is 13.5. The number of hydrogen-bond donors (Lipinski definition) is 2. The van der Waals surface area contributed by atoms with Crippen molar-refractivity contribution < 1.29 is 34.0 Å². The van der Waals surface area contributed by atoms with Crippen molar-refractivity contribution in [1.82, 2.24) is 0 Å². The largest absolute Gasteiger partial charge is 0.494 e. The summed E-state index contributed by atoms with van der Waals surface area (Å²) < 4.78 is 15.7. The van der Waals surface area contributed by atoms with Crippen molar-refractivity contribution in [3.05, 3.63) is 29.3 Å². The van der Waals surface area contributed by atoms with E-state index in [1.807, 2.05) is 0 Å². The van der Waals surface area contributed by atoms with Gasteiger partial charge in [-0.2, -0.15) is 0 Å². The fourth-order valence-corrected chi connectivity index (χ4v) is 3.85. The van der Waals surface area contributed by atoms with Gasteiger partial charge in [-0.3, -0.25) is 0 Å². The lowest BCUT2D eigenvalue weighted by molar-refractivity contribution is 0.0429. The first-order valence-corrected chi connectivity index (χ1v) is 13.5. The topological polar surface area (TPSA) is 102 Å². The highest BCUT2D eigenvalue weighted by Gasteiger charge is 2.16. The molecule has 0 amide bonds. The van der Waals surface area contributed by atoms with E-state index in [0.29, 0.717) is 12.4 Å². The number of benzene rings is 1. The Labute approximate surface area is 211 Å². The molecule has 7 heteroatoms. The van der Waals surface area contributed by atoms with Gasteiger partial charge in [0.15, 0.2) is 0 Å². The van der Waals surface area contributed by atoms with Gasteiger partial charge in [0, 0.05) is 0 Å². The molecule has 0 saturated heterocycles. The van der Waals surface area contributed by atoms with Gasteiger partial charge in [-0.15, -0.1) is 0 Å². The van der Waals surface area contributed by atoms with Gasteiger partial charge >= 0.3 is 11.9 Å².